The van der Waals surface area contributed by atoms with E-state index in [1.165, 1.54) is 6.42 Å². The number of carbonyl (C=O) groups is 1. The van der Waals surface area contributed by atoms with Crippen LogP contribution in [-0.2, 0) is 0 Å². The number of hydrogen-bond donors (Lipinski definition) is 2. The van der Waals surface area contributed by atoms with Gasteiger partial charge in [-0.05, 0) is 25.8 Å². The zero-order chi connectivity index (χ0) is 9.68. The normalized spacial score (nSPS) is 21.8. The number of carbonyl (C=O) groups excluding carboxylic acids is 1. The summed E-state index contributed by atoms with van der Waals surface area (Å²) in [7, 11) is 0. The van der Waals surface area contributed by atoms with E-state index in [-0.39, 0.29) is 6.03 Å². The maximum absolute atomic E-state index is 11.0. The lowest BCUT2D eigenvalue weighted by Crippen LogP contribution is -2.44. The third-order valence-corrected chi connectivity index (χ3v) is 2.41. The fourth-order valence-electron chi connectivity index (χ4n) is 1.74. The van der Waals surface area contributed by atoms with Gasteiger partial charge in [-0.15, -0.1) is 0 Å². The van der Waals surface area contributed by atoms with Gasteiger partial charge in [-0.2, -0.15) is 0 Å². The number of hydrogen-bond acceptors (Lipinski definition) is 2. The highest BCUT2D eigenvalue weighted by Gasteiger charge is 2.18. The number of amides is 2. The Labute approximate surface area is 79.5 Å². The molecule has 0 spiro atoms. The monoisotopic (exact) mass is 185 g/mol. The average Bonchev–Trinajstić information content (AvgIpc) is 2.56. The van der Waals surface area contributed by atoms with Crippen molar-refractivity contribution in [2.75, 3.05) is 19.6 Å². The van der Waals surface area contributed by atoms with Gasteiger partial charge in [0.05, 0.1) is 0 Å². The highest BCUT2D eigenvalue weighted by Crippen LogP contribution is 2.06. The van der Waals surface area contributed by atoms with Crippen molar-refractivity contribution in [2.24, 2.45) is 5.73 Å². The van der Waals surface area contributed by atoms with E-state index >= 15 is 0 Å². The van der Waals surface area contributed by atoms with Crippen LogP contribution in [0.3, 0.4) is 0 Å². The SMILES string of the molecule is CCCN(CC1CCCN1)C(N)=O. The van der Waals surface area contributed by atoms with Crippen LogP contribution in [0.1, 0.15) is 26.2 Å². The van der Waals surface area contributed by atoms with E-state index in [1.54, 1.807) is 4.90 Å². The number of rotatable bonds is 4. The van der Waals surface area contributed by atoms with Gasteiger partial charge in [0.2, 0.25) is 0 Å². The Kier molecular flexibility index (Phi) is 4.02. The average molecular weight is 185 g/mol. The molecule has 1 saturated heterocycles. The maximum atomic E-state index is 11.0. The molecule has 1 heterocycles. The fourth-order valence-corrected chi connectivity index (χ4v) is 1.74. The second-order valence-corrected chi connectivity index (χ2v) is 3.58. The van der Waals surface area contributed by atoms with E-state index in [1.807, 2.05) is 0 Å². The molecule has 0 aromatic carbocycles. The second-order valence-electron chi connectivity index (χ2n) is 3.58. The molecule has 1 unspecified atom stereocenters. The first-order valence-corrected chi connectivity index (χ1v) is 5.01. The molecule has 4 nitrogen and oxygen atoms in total. The van der Waals surface area contributed by atoms with Crippen LogP contribution in [0.5, 0.6) is 0 Å². The summed E-state index contributed by atoms with van der Waals surface area (Å²) in [4.78, 5) is 12.7. The van der Waals surface area contributed by atoms with Crippen molar-refractivity contribution >= 4 is 6.03 Å². The summed E-state index contributed by atoms with van der Waals surface area (Å²) in [6.45, 7) is 4.66. The number of nitrogens with two attached hydrogens (primary N) is 1. The third-order valence-electron chi connectivity index (χ3n) is 2.41. The lowest BCUT2D eigenvalue weighted by atomic mass is 10.2. The van der Waals surface area contributed by atoms with Crippen LogP contribution in [0, 0.1) is 0 Å². The van der Waals surface area contributed by atoms with Gasteiger partial charge in [-0.25, -0.2) is 4.79 Å². The van der Waals surface area contributed by atoms with Crippen molar-refractivity contribution < 1.29 is 4.79 Å². The molecule has 0 bridgehead atoms. The molecule has 0 aromatic heterocycles. The summed E-state index contributed by atoms with van der Waals surface area (Å²) in [5.41, 5.74) is 5.26. The molecule has 1 rings (SSSR count). The number of primary amides is 1. The Morgan fingerprint density at radius 1 is 1.69 bits per heavy atom. The van der Waals surface area contributed by atoms with Crippen LogP contribution in [0.25, 0.3) is 0 Å². The molecule has 0 aromatic rings. The minimum Gasteiger partial charge on any atom is -0.351 e. The van der Waals surface area contributed by atoms with Crippen LogP contribution in [0.2, 0.25) is 0 Å². The van der Waals surface area contributed by atoms with Crippen molar-refractivity contribution in [2.45, 2.75) is 32.2 Å². The largest absolute Gasteiger partial charge is 0.351 e. The molecular weight excluding hydrogens is 166 g/mol. The van der Waals surface area contributed by atoms with E-state index in [0.717, 1.165) is 32.5 Å². The molecule has 0 aliphatic carbocycles. The highest BCUT2D eigenvalue weighted by molar-refractivity contribution is 5.72. The van der Waals surface area contributed by atoms with Crippen LogP contribution >= 0.6 is 0 Å². The molecule has 4 heteroatoms. The summed E-state index contributed by atoms with van der Waals surface area (Å²) in [5.74, 6) is 0. The van der Waals surface area contributed by atoms with Gasteiger partial charge in [0.25, 0.3) is 0 Å². The first-order chi connectivity index (χ1) is 6.24. The van der Waals surface area contributed by atoms with Crippen molar-refractivity contribution in [3.63, 3.8) is 0 Å². The number of urea groups is 1. The number of nitrogens with one attached hydrogen (secondary N) is 1. The Balaban J connectivity index is 2.32. The summed E-state index contributed by atoms with van der Waals surface area (Å²) < 4.78 is 0. The Hall–Kier alpha value is -0.770. The maximum Gasteiger partial charge on any atom is 0.314 e. The molecule has 0 saturated carbocycles. The summed E-state index contributed by atoms with van der Waals surface area (Å²) >= 11 is 0. The fraction of sp³-hybridized carbons (Fsp3) is 0.889. The van der Waals surface area contributed by atoms with Gasteiger partial charge in [-0.1, -0.05) is 6.92 Å². The predicted octanol–water partition coefficient (Wildman–Crippen LogP) is 0.529. The van der Waals surface area contributed by atoms with Gasteiger partial charge < -0.3 is 16.0 Å². The summed E-state index contributed by atoms with van der Waals surface area (Å²) in [6, 6.07) is 0.162. The molecule has 1 aliphatic rings. The highest BCUT2D eigenvalue weighted by atomic mass is 16.2. The Morgan fingerprint density at radius 3 is 2.92 bits per heavy atom. The molecule has 1 aliphatic heterocycles. The van der Waals surface area contributed by atoms with Gasteiger partial charge in [0.1, 0.15) is 0 Å². The third kappa shape index (κ3) is 3.22. The summed E-state index contributed by atoms with van der Waals surface area (Å²) in [6.07, 6.45) is 3.34. The smallest absolute Gasteiger partial charge is 0.314 e. The first kappa shape index (κ1) is 10.3. The topological polar surface area (TPSA) is 58.4 Å². The van der Waals surface area contributed by atoms with Crippen molar-refractivity contribution in [3.05, 3.63) is 0 Å². The van der Waals surface area contributed by atoms with Gasteiger partial charge in [0, 0.05) is 19.1 Å². The molecular formula is C9H19N3O. The molecule has 1 fully saturated rings. The van der Waals surface area contributed by atoms with Crippen LogP contribution < -0.4 is 11.1 Å². The first-order valence-electron chi connectivity index (χ1n) is 5.01. The zero-order valence-electron chi connectivity index (χ0n) is 8.25. The summed E-state index contributed by atoms with van der Waals surface area (Å²) in [5, 5.41) is 3.35. The van der Waals surface area contributed by atoms with E-state index in [9.17, 15) is 4.79 Å². The van der Waals surface area contributed by atoms with E-state index < -0.39 is 0 Å². The predicted molar refractivity (Wildman–Crippen MR) is 52.5 cm³/mol. The molecule has 13 heavy (non-hydrogen) atoms. The van der Waals surface area contributed by atoms with Crippen LogP contribution in [-0.4, -0.2) is 36.6 Å². The minimum absolute atomic E-state index is 0.296. The van der Waals surface area contributed by atoms with E-state index in [2.05, 4.69) is 12.2 Å². The lowest BCUT2D eigenvalue weighted by Gasteiger charge is -2.23. The molecule has 2 amide bonds. The number of nitrogens with zero attached hydrogens (tertiary/aromatic N) is 1. The molecule has 1 atom stereocenters. The lowest BCUT2D eigenvalue weighted by molar-refractivity contribution is 0.202. The Morgan fingerprint density at radius 2 is 2.46 bits per heavy atom. The van der Waals surface area contributed by atoms with Crippen molar-refractivity contribution in [1.82, 2.24) is 10.2 Å². The Bertz CT molecular complexity index is 166. The molecule has 0 radical (unpaired) electrons. The van der Waals surface area contributed by atoms with Gasteiger partial charge in [0.15, 0.2) is 0 Å². The van der Waals surface area contributed by atoms with Crippen LogP contribution in [0.4, 0.5) is 4.79 Å². The van der Waals surface area contributed by atoms with Crippen LogP contribution in [0.15, 0.2) is 0 Å². The van der Waals surface area contributed by atoms with Crippen molar-refractivity contribution in [1.29, 1.82) is 0 Å². The van der Waals surface area contributed by atoms with Gasteiger partial charge in [-0.3, -0.25) is 0 Å². The standard InChI is InChI=1S/C9H19N3O/c1-2-6-12(9(10)13)7-8-4-3-5-11-8/h8,11H,2-7H2,1H3,(H2,10,13). The van der Waals surface area contributed by atoms with Gasteiger partial charge >= 0.3 is 6.03 Å². The minimum atomic E-state index is -0.296. The quantitative estimate of drug-likeness (QED) is 0.671. The molecule has 3 N–H and O–H groups in total. The van der Waals surface area contributed by atoms with Crippen molar-refractivity contribution in [3.8, 4) is 0 Å². The zero-order valence-corrected chi connectivity index (χ0v) is 8.25. The second kappa shape index (κ2) is 5.07. The molecule has 76 valence electrons. The van der Waals surface area contributed by atoms with E-state index in [0.29, 0.717) is 6.04 Å². The van der Waals surface area contributed by atoms with E-state index in [4.69, 9.17) is 5.73 Å².